The average molecular weight is 240 g/mol. The van der Waals surface area contributed by atoms with E-state index in [1.54, 1.807) is 0 Å². The molecular formula is C14H28N2O. The largest absolute Gasteiger partial charge is 0.353 e. The standard InChI is InChI=1S/C14H28N2O/c1-2-13(10-11-15)16-14(17)9-8-12-6-4-3-5-7-12/h12-13H,2-11,15H2,1H3,(H,16,17). The first kappa shape index (κ1) is 14.5. The molecule has 1 aliphatic rings. The van der Waals surface area contributed by atoms with E-state index in [1.807, 2.05) is 0 Å². The molecule has 17 heavy (non-hydrogen) atoms. The van der Waals surface area contributed by atoms with Crippen molar-refractivity contribution in [2.24, 2.45) is 11.7 Å². The van der Waals surface area contributed by atoms with Crippen LogP contribution in [0.4, 0.5) is 0 Å². The highest BCUT2D eigenvalue weighted by atomic mass is 16.1. The van der Waals surface area contributed by atoms with Crippen molar-refractivity contribution in [1.82, 2.24) is 5.32 Å². The molecule has 0 aromatic carbocycles. The molecule has 1 rings (SSSR count). The fraction of sp³-hybridized carbons (Fsp3) is 0.929. The van der Waals surface area contributed by atoms with Gasteiger partial charge in [-0.1, -0.05) is 39.0 Å². The Labute approximate surface area is 106 Å². The maximum absolute atomic E-state index is 11.8. The number of nitrogens with two attached hydrogens (primary N) is 1. The summed E-state index contributed by atoms with van der Waals surface area (Å²) < 4.78 is 0. The lowest BCUT2D eigenvalue weighted by Gasteiger charge is -2.22. The lowest BCUT2D eigenvalue weighted by Crippen LogP contribution is -2.36. The Balaban J connectivity index is 2.14. The molecule has 3 nitrogen and oxygen atoms in total. The van der Waals surface area contributed by atoms with Gasteiger partial charge >= 0.3 is 0 Å². The highest BCUT2D eigenvalue weighted by Crippen LogP contribution is 2.27. The zero-order valence-corrected chi connectivity index (χ0v) is 11.2. The van der Waals surface area contributed by atoms with Gasteiger partial charge in [0.05, 0.1) is 0 Å². The molecule has 0 spiro atoms. The van der Waals surface area contributed by atoms with E-state index in [1.165, 1.54) is 32.1 Å². The van der Waals surface area contributed by atoms with E-state index in [9.17, 15) is 4.79 Å². The van der Waals surface area contributed by atoms with Crippen LogP contribution in [-0.4, -0.2) is 18.5 Å². The molecule has 0 aromatic rings. The molecule has 0 saturated heterocycles. The zero-order chi connectivity index (χ0) is 12.5. The van der Waals surface area contributed by atoms with Gasteiger partial charge in [0.1, 0.15) is 0 Å². The van der Waals surface area contributed by atoms with Crippen LogP contribution in [0.2, 0.25) is 0 Å². The second-order valence-electron chi connectivity index (χ2n) is 5.29. The van der Waals surface area contributed by atoms with Gasteiger partial charge in [0.2, 0.25) is 5.91 Å². The van der Waals surface area contributed by atoms with Gasteiger partial charge in [-0.25, -0.2) is 0 Å². The molecule has 3 heteroatoms. The summed E-state index contributed by atoms with van der Waals surface area (Å²) in [4.78, 5) is 11.8. The van der Waals surface area contributed by atoms with Crippen molar-refractivity contribution < 1.29 is 4.79 Å². The minimum absolute atomic E-state index is 0.218. The summed E-state index contributed by atoms with van der Waals surface area (Å²) in [6, 6.07) is 0.277. The highest BCUT2D eigenvalue weighted by molar-refractivity contribution is 5.76. The summed E-state index contributed by atoms with van der Waals surface area (Å²) in [7, 11) is 0. The third-order valence-corrected chi connectivity index (χ3v) is 3.88. The summed E-state index contributed by atoms with van der Waals surface area (Å²) in [6.07, 6.45) is 10.4. The monoisotopic (exact) mass is 240 g/mol. The smallest absolute Gasteiger partial charge is 0.220 e. The van der Waals surface area contributed by atoms with Gasteiger partial charge in [0, 0.05) is 12.5 Å². The van der Waals surface area contributed by atoms with Crippen LogP contribution in [0.3, 0.4) is 0 Å². The molecule has 1 fully saturated rings. The summed E-state index contributed by atoms with van der Waals surface area (Å²) in [5.41, 5.74) is 5.52. The molecule has 0 aromatic heterocycles. The van der Waals surface area contributed by atoms with Crippen molar-refractivity contribution in [3.05, 3.63) is 0 Å². The van der Waals surface area contributed by atoms with Gasteiger partial charge in [0.25, 0.3) is 0 Å². The lowest BCUT2D eigenvalue weighted by atomic mass is 9.86. The van der Waals surface area contributed by atoms with Crippen LogP contribution in [-0.2, 0) is 4.79 Å². The first-order valence-corrected chi connectivity index (χ1v) is 7.25. The Morgan fingerprint density at radius 1 is 1.35 bits per heavy atom. The number of carbonyl (C=O) groups is 1. The highest BCUT2D eigenvalue weighted by Gasteiger charge is 2.15. The fourth-order valence-electron chi connectivity index (χ4n) is 2.69. The number of hydrogen-bond donors (Lipinski definition) is 2. The molecule has 0 bridgehead atoms. The molecule has 1 amide bonds. The van der Waals surface area contributed by atoms with Crippen molar-refractivity contribution in [2.75, 3.05) is 6.54 Å². The number of amides is 1. The number of carbonyl (C=O) groups excluding carboxylic acids is 1. The van der Waals surface area contributed by atoms with Gasteiger partial charge in [0.15, 0.2) is 0 Å². The second kappa shape index (κ2) is 8.51. The molecule has 100 valence electrons. The number of hydrogen-bond acceptors (Lipinski definition) is 2. The van der Waals surface area contributed by atoms with Gasteiger partial charge < -0.3 is 11.1 Å². The van der Waals surface area contributed by atoms with Crippen molar-refractivity contribution in [3.8, 4) is 0 Å². The van der Waals surface area contributed by atoms with Gasteiger partial charge in [-0.15, -0.1) is 0 Å². The second-order valence-corrected chi connectivity index (χ2v) is 5.29. The molecule has 0 aliphatic heterocycles. The molecule has 0 radical (unpaired) electrons. The third-order valence-electron chi connectivity index (χ3n) is 3.88. The summed E-state index contributed by atoms with van der Waals surface area (Å²) in [5.74, 6) is 1.01. The Morgan fingerprint density at radius 2 is 2.06 bits per heavy atom. The molecule has 1 saturated carbocycles. The summed E-state index contributed by atoms with van der Waals surface area (Å²) in [5, 5.41) is 3.09. The van der Waals surface area contributed by atoms with Crippen LogP contribution >= 0.6 is 0 Å². The van der Waals surface area contributed by atoms with Crippen LogP contribution in [0, 0.1) is 5.92 Å². The van der Waals surface area contributed by atoms with Crippen LogP contribution in [0.15, 0.2) is 0 Å². The van der Waals surface area contributed by atoms with E-state index in [-0.39, 0.29) is 11.9 Å². The fourth-order valence-corrected chi connectivity index (χ4v) is 2.69. The molecule has 0 heterocycles. The van der Waals surface area contributed by atoms with Gasteiger partial charge in [-0.3, -0.25) is 4.79 Å². The van der Waals surface area contributed by atoms with E-state index in [2.05, 4.69) is 12.2 Å². The minimum Gasteiger partial charge on any atom is -0.353 e. The SMILES string of the molecule is CCC(CCN)NC(=O)CCC1CCCCC1. The Hall–Kier alpha value is -0.570. The van der Waals surface area contributed by atoms with E-state index >= 15 is 0 Å². The maximum Gasteiger partial charge on any atom is 0.220 e. The third kappa shape index (κ3) is 6.06. The molecule has 1 atom stereocenters. The van der Waals surface area contributed by atoms with Crippen molar-refractivity contribution in [3.63, 3.8) is 0 Å². The van der Waals surface area contributed by atoms with E-state index < -0.39 is 0 Å². The summed E-state index contributed by atoms with van der Waals surface area (Å²) >= 11 is 0. The lowest BCUT2D eigenvalue weighted by molar-refractivity contribution is -0.122. The van der Waals surface area contributed by atoms with Crippen molar-refractivity contribution in [2.45, 2.75) is 70.8 Å². The summed E-state index contributed by atoms with van der Waals surface area (Å²) in [6.45, 7) is 2.75. The first-order chi connectivity index (χ1) is 8.26. The first-order valence-electron chi connectivity index (χ1n) is 7.25. The van der Waals surface area contributed by atoms with E-state index in [0.717, 1.165) is 25.2 Å². The van der Waals surface area contributed by atoms with E-state index in [0.29, 0.717) is 13.0 Å². The molecule has 3 N–H and O–H groups in total. The van der Waals surface area contributed by atoms with Crippen LogP contribution < -0.4 is 11.1 Å². The predicted octanol–water partition coefficient (Wildman–Crippen LogP) is 2.59. The zero-order valence-electron chi connectivity index (χ0n) is 11.2. The van der Waals surface area contributed by atoms with Crippen LogP contribution in [0.1, 0.15) is 64.7 Å². The molecule has 1 aliphatic carbocycles. The number of rotatable bonds is 7. The topological polar surface area (TPSA) is 55.1 Å². The van der Waals surface area contributed by atoms with Crippen LogP contribution in [0.25, 0.3) is 0 Å². The maximum atomic E-state index is 11.8. The Kier molecular flexibility index (Phi) is 7.25. The molecule has 1 unspecified atom stereocenters. The van der Waals surface area contributed by atoms with Gasteiger partial charge in [-0.05, 0) is 31.7 Å². The Morgan fingerprint density at radius 3 is 2.65 bits per heavy atom. The van der Waals surface area contributed by atoms with Crippen molar-refractivity contribution in [1.29, 1.82) is 0 Å². The number of nitrogens with one attached hydrogen (secondary N) is 1. The average Bonchev–Trinajstić information content (AvgIpc) is 2.37. The predicted molar refractivity (Wildman–Crippen MR) is 71.7 cm³/mol. The Bertz CT molecular complexity index is 212. The van der Waals surface area contributed by atoms with Gasteiger partial charge in [-0.2, -0.15) is 0 Å². The normalized spacial score (nSPS) is 18.9. The van der Waals surface area contributed by atoms with Crippen LogP contribution in [0.5, 0.6) is 0 Å². The quantitative estimate of drug-likeness (QED) is 0.718. The van der Waals surface area contributed by atoms with Crippen molar-refractivity contribution >= 4 is 5.91 Å². The minimum atomic E-state index is 0.218. The van der Waals surface area contributed by atoms with E-state index in [4.69, 9.17) is 5.73 Å². The molecular weight excluding hydrogens is 212 g/mol.